The highest BCUT2D eigenvalue weighted by molar-refractivity contribution is 7.99. The summed E-state index contributed by atoms with van der Waals surface area (Å²) in [7, 11) is 0. The third-order valence-electron chi connectivity index (χ3n) is 12.3. The molecule has 8 aromatic carbocycles. The van der Waals surface area contributed by atoms with Crippen molar-refractivity contribution in [3.8, 4) is 56.4 Å². The van der Waals surface area contributed by atoms with Crippen LogP contribution in [0.25, 0.3) is 56.4 Å². The van der Waals surface area contributed by atoms with E-state index in [-0.39, 0.29) is 5.41 Å². The molecule has 0 saturated heterocycles. The van der Waals surface area contributed by atoms with Crippen molar-refractivity contribution in [3.63, 3.8) is 0 Å². The van der Waals surface area contributed by atoms with Gasteiger partial charge in [-0.25, -0.2) is 15.0 Å². The average Bonchev–Trinajstić information content (AvgIpc) is 3.31. The maximum absolute atomic E-state index is 5.05. The van der Waals surface area contributed by atoms with Crippen LogP contribution in [-0.4, -0.2) is 15.0 Å². The summed E-state index contributed by atoms with van der Waals surface area (Å²) >= 11 is 1.88. The van der Waals surface area contributed by atoms with Gasteiger partial charge in [-0.05, 0) is 67.8 Å². The highest BCUT2D eigenvalue weighted by atomic mass is 32.2. The first-order valence-electron chi connectivity index (χ1n) is 20.2. The zero-order chi connectivity index (χ0) is 39.6. The van der Waals surface area contributed by atoms with Crippen molar-refractivity contribution in [2.75, 3.05) is 0 Å². The van der Waals surface area contributed by atoms with E-state index in [1.807, 2.05) is 48.2 Å². The fourth-order valence-corrected chi connectivity index (χ4v) is 10.6. The minimum Gasteiger partial charge on any atom is -0.208 e. The normalized spacial score (nSPS) is 14.1. The molecule has 4 heteroatoms. The van der Waals surface area contributed by atoms with Crippen molar-refractivity contribution in [1.82, 2.24) is 15.0 Å². The zero-order valence-electron chi connectivity index (χ0n) is 32.8. The van der Waals surface area contributed by atoms with E-state index in [1.54, 1.807) is 0 Å². The standard InChI is InChI=1S/C55H39N3S/c1-54(2)43-19-9-11-21-45(43)55(46-22-12-10-20-44(46)54)47-23-13-14-24-49(47)59-50-35-42(33-34-48(50)55)38-27-31-41(32-28-38)53-57-51(39-17-7-4-8-18-39)56-52(58-53)40-29-25-37(26-30-40)36-15-5-3-6-16-36/h3-35H,1-2H3. The number of rotatable bonds is 5. The summed E-state index contributed by atoms with van der Waals surface area (Å²) in [6.45, 7) is 4.75. The molecule has 0 atom stereocenters. The minimum atomic E-state index is -0.434. The molecular formula is C55H39N3S. The van der Waals surface area contributed by atoms with Crippen LogP contribution < -0.4 is 0 Å². The van der Waals surface area contributed by atoms with E-state index >= 15 is 0 Å². The van der Waals surface area contributed by atoms with Gasteiger partial charge < -0.3 is 0 Å². The molecule has 0 bridgehead atoms. The lowest BCUT2D eigenvalue weighted by Crippen LogP contribution is -2.43. The van der Waals surface area contributed by atoms with Gasteiger partial charge in [-0.1, -0.05) is 214 Å². The third kappa shape index (κ3) is 5.70. The SMILES string of the molecule is CC1(C)c2ccccc2C2(c3ccccc3Sc3cc(-c4ccc(-c5nc(-c6ccccc6)nc(-c6ccc(-c7ccccc7)cc6)n5)cc4)ccc32)c2ccccc21. The molecule has 0 fully saturated rings. The largest absolute Gasteiger partial charge is 0.208 e. The van der Waals surface area contributed by atoms with Gasteiger partial charge in [0.25, 0.3) is 0 Å². The molecule has 11 rings (SSSR count). The van der Waals surface area contributed by atoms with Crippen molar-refractivity contribution in [3.05, 3.63) is 234 Å². The number of fused-ring (bicyclic) bond motifs is 8. The summed E-state index contributed by atoms with van der Waals surface area (Å²) in [5.41, 5.74) is 15.1. The Morgan fingerprint density at radius 3 is 1.20 bits per heavy atom. The predicted molar refractivity (Wildman–Crippen MR) is 242 cm³/mol. The lowest BCUT2D eigenvalue weighted by atomic mass is 9.54. The van der Waals surface area contributed by atoms with Gasteiger partial charge in [0, 0.05) is 31.9 Å². The van der Waals surface area contributed by atoms with Gasteiger partial charge in [0.1, 0.15) is 0 Å². The number of benzene rings is 8. The summed E-state index contributed by atoms with van der Waals surface area (Å²) < 4.78 is 0. The maximum Gasteiger partial charge on any atom is 0.164 e. The van der Waals surface area contributed by atoms with Gasteiger partial charge in [-0.3, -0.25) is 0 Å². The molecule has 0 amide bonds. The molecule has 9 aromatic rings. The number of nitrogens with zero attached hydrogens (tertiary/aromatic N) is 3. The zero-order valence-corrected chi connectivity index (χ0v) is 33.6. The first-order chi connectivity index (χ1) is 29.0. The summed E-state index contributed by atoms with van der Waals surface area (Å²) in [6.07, 6.45) is 0. The summed E-state index contributed by atoms with van der Waals surface area (Å²) in [4.78, 5) is 17.6. The first kappa shape index (κ1) is 35.3. The quantitative estimate of drug-likeness (QED) is 0.175. The fourth-order valence-electron chi connectivity index (χ4n) is 9.41. The van der Waals surface area contributed by atoms with E-state index in [9.17, 15) is 0 Å². The Labute approximate surface area is 349 Å². The Morgan fingerprint density at radius 2 is 0.661 bits per heavy atom. The Bertz CT molecular complexity index is 2980. The number of aromatic nitrogens is 3. The molecule has 2 aliphatic rings. The van der Waals surface area contributed by atoms with Crippen molar-refractivity contribution in [2.24, 2.45) is 0 Å². The summed E-state index contributed by atoms with van der Waals surface area (Å²) in [6, 6.07) is 72.0. The highest BCUT2D eigenvalue weighted by Crippen LogP contribution is 2.61. The second-order valence-electron chi connectivity index (χ2n) is 16.0. The smallest absolute Gasteiger partial charge is 0.164 e. The topological polar surface area (TPSA) is 38.7 Å². The lowest BCUT2D eigenvalue weighted by molar-refractivity contribution is 0.549. The van der Waals surface area contributed by atoms with Crippen LogP contribution in [0.15, 0.2) is 210 Å². The Kier molecular flexibility index (Phi) is 8.31. The molecule has 1 aliphatic heterocycles. The third-order valence-corrected chi connectivity index (χ3v) is 13.4. The van der Waals surface area contributed by atoms with E-state index < -0.39 is 5.41 Å². The van der Waals surface area contributed by atoms with Gasteiger partial charge in [-0.15, -0.1) is 0 Å². The number of hydrogen-bond acceptors (Lipinski definition) is 4. The van der Waals surface area contributed by atoms with Crippen molar-refractivity contribution in [1.29, 1.82) is 0 Å². The lowest BCUT2D eigenvalue weighted by Gasteiger charge is -2.50. The molecule has 59 heavy (non-hydrogen) atoms. The van der Waals surface area contributed by atoms with Gasteiger partial charge >= 0.3 is 0 Å². The molecule has 1 aromatic heterocycles. The number of hydrogen-bond donors (Lipinski definition) is 0. The predicted octanol–water partition coefficient (Wildman–Crippen LogP) is 13.7. The molecule has 0 unspecified atom stereocenters. The van der Waals surface area contributed by atoms with Crippen LogP contribution in [0.2, 0.25) is 0 Å². The second kappa shape index (κ2) is 13.9. The molecular weight excluding hydrogens is 735 g/mol. The van der Waals surface area contributed by atoms with Crippen molar-refractivity contribution >= 4 is 11.8 Å². The van der Waals surface area contributed by atoms with Crippen LogP contribution >= 0.6 is 11.8 Å². The van der Waals surface area contributed by atoms with Crippen LogP contribution in [0.4, 0.5) is 0 Å². The maximum atomic E-state index is 5.05. The van der Waals surface area contributed by atoms with Crippen LogP contribution in [0, 0.1) is 0 Å². The van der Waals surface area contributed by atoms with Gasteiger partial charge in [0.15, 0.2) is 17.5 Å². The van der Waals surface area contributed by atoms with Gasteiger partial charge in [0.2, 0.25) is 0 Å². The molecule has 1 spiro atoms. The fraction of sp³-hybridized carbons (Fsp3) is 0.0727. The van der Waals surface area contributed by atoms with E-state index in [0.29, 0.717) is 17.5 Å². The molecule has 280 valence electrons. The Morgan fingerprint density at radius 1 is 0.305 bits per heavy atom. The van der Waals surface area contributed by atoms with Crippen LogP contribution in [0.3, 0.4) is 0 Å². The monoisotopic (exact) mass is 773 g/mol. The molecule has 2 heterocycles. The molecule has 3 nitrogen and oxygen atoms in total. The van der Waals surface area contributed by atoms with Gasteiger partial charge in [-0.2, -0.15) is 0 Å². The van der Waals surface area contributed by atoms with E-state index in [2.05, 4.69) is 178 Å². The highest BCUT2D eigenvalue weighted by Gasteiger charge is 2.52. The van der Waals surface area contributed by atoms with Crippen molar-refractivity contribution in [2.45, 2.75) is 34.5 Å². The van der Waals surface area contributed by atoms with E-state index in [1.165, 1.54) is 54.3 Å². The van der Waals surface area contributed by atoms with Crippen LogP contribution in [-0.2, 0) is 10.8 Å². The molecule has 0 saturated carbocycles. The van der Waals surface area contributed by atoms with E-state index in [0.717, 1.165) is 27.8 Å². The van der Waals surface area contributed by atoms with Crippen LogP contribution in [0.5, 0.6) is 0 Å². The average molecular weight is 774 g/mol. The summed E-state index contributed by atoms with van der Waals surface area (Å²) in [5, 5.41) is 0. The second-order valence-corrected chi connectivity index (χ2v) is 17.1. The molecule has 0 N–H and O–H groups in total. The molecule has 0 radical (unpaired) electrons. The minimum absolute atomic E-state index is 0.131. The Balaban J connectivity index is 0.999. The van der Waals surface area contributed by atoms with Crippen molar-refractivity contribution < 1.29 is 0 Å². The molecule has 1 aliphatic carbocycles. The first-order valence-corrected chi connectivity index (χ1v) is 21.0. The summed E-state index contributed by atoms with van der Waals surface area (Å²) in [5.74, 6) is 1.94. The van der Waals surface area contributed by atoms with Gasteiger partial charge in [0.05, 0.1) is 5.41 Å². The van der Waals surface area contributed by atoms with Crippen LogP contribution in [0.1, 0.15) is 47.2 Å². The van der Waals surface area contributed by atoms with E-state index in [4.69, 9.17) is 15.0 Å². The Hall–Kier alpha value is -6.88.